The number of nitrogens with one attached hydrogen (secondary N) is 1. The van der Waals surface area contributed by atoms with E-state index in [0.29, 0.717) is 11.6 Å². The highest BCUT2D eigenvalue weighted by Gasteiger charge is 2.13. The van der Waals surface area contributed by atoms with Crippen LogP contribution in [0.2, 0.25) is 0 Å². The van der Waals surface area contributed by atoms with Gasteiger partial charge in [-0.15, -0.1) is 0 Å². The van der Waals surface area contributed by atoms with Gasteiger partial charge in [-0.25, -0.2) is 9.97 Å². The monoisotopic (exact) mass is 267 g/mol. The second kappa shape index (κ2) is 4.96. The van der Waals surface area contributed by atoms with Crippen LogP contribution in [-0.2, 0) is 6.42 Å². The van der Waals surface area contributed by atoms with Crippen LogP contribution in [0.1, 0.15) is 18.2 Å². The van der Waals surface area contributed by atoms with Gasteiger partial charge >= 0.3 is 0 Å². The molecule has 4 heteroatoms. The van der Waals surface area contributed by atoms with Crippen LogP contribution < -0.4 is 5.32 Å². The van der Waals surface area contributed by atoms with Crippen molar-refractivity contribution < 1.29 is 4.42 Å². The number of nitrogens with zero attached hydrogens (tertiary/aromatic N) is 2. The van der Waals surface area contributed by atoms with Gasteiger partial charge in [-0.2, -0.15) is 0 Å². The summed E-state index contributed by atoms with van der Waals surface area (Å²) < 4.78 is 5.84. The summed E-state index contributed by atoms with van der Waals surface area (Å²) in [6.45, 7) is 4.13. The lowest BCUT2D eigenvalue weighted by Crippen LogP contribution is -2.04. The minimum Gasteiger partial charge on any atom is -0.453 e. The van der Waals surface area contributed by atoms with E-state index in [0.717, 1.165) is 34.5 Å². The molecule has 0 bridgehead atoms. The first-order valence-electron chi connectivity index (χ1n) is 6.77. The molecular weight excluding hydrogens is 250 g/mol. The molecule has 0 aliphatic rings. The molecule has 0 radical (unpaired) electrons. The lowest BCUT2D eigenvalue weighted by atomic mass is 10.2. The maximum Gasteiger partial charge on any atom is 0.197 e. The van der Waals surface area contributed by atoms with E-state index in [1.54, 1.807) is 0 Å². The van der Waals surface area contributed by atoms with Crippen molar-refractivity contribution in [3.8, 4) is 11.6 Å². The highest BCUT2D eigenvalue weighted by molar-refractivity contribution is 5.81. The molecule has 2 aromatic heterocycles. The number of anilines is 1. The molecule has 3 rings (SSSR count). The Labute approximate surface area is 117 Å². The van der Waals surface area contributed by atoms with Crippen molar-refractivity contribution in [2.24, 2.45) is 0 Å². The highest BCUT2D eigenvalue weighted by Crippen LogP contribution is 2.27. The summed E-state index contributed by atoms with van der Waals surface area (Å²) in [7, 11) is 1.87. The van der Waals surface area contributed by atoms with Crippen LogP contribution >= 0.6 is 0 Å². The molecule has 0 aliphatic heterocycles. The Morgan fingerprint density at radius 2 is 2.00 bits per heavy atom. The van der Waals surface area contributed by atoms with Gasteiger partial charge in [-0.3, -0.25) is 0 Å². The third kappa shape index (κ3) is 2.03. The van der Waals surface area contributed by atoms with Gasteiger partial charge in [0.25, 0.3) is 0 Å². The molecule has 0 aliphatic carbocycles. The number of para-hydroxylation sites is 1. The van der Waals surface area contributed by atoms with Crippen LogP contribution in [0.25, 0.3) is 22.6 Å². The first-order chi connectivity index (χ1) is 9.72. The number of aromatic nitrogens is 2. The Kier molecular flexibility index (Phi) is 3.14. The Hall–Kier alpha value is -2.36. The molecule has 0 spiro atoms. The van der Waals surface area contributed by atoms with Gasteiger partial charge in [0, 0.05) is 23.7 Å². The first kappa shape index (κ1) is 12.7. The molecule has 0 saturated heterocycles. The van der Waals surface area contributed by atoms with Crippen molar-refractivity contribution in [2.75, 3.05) is 12.4 Å². The van der Waals surface area contributed by atoms with E-state index < -0.39 is 0 Å². The molecule has 2 heterocycles. The number of aryl methyl sites for hydroxylation is 1. The number of rotatable bonds is 3. The molecular formula is C16H17N3O. The Morgan fingerprint density at radius 1 is 1.20 bits per heavy atom. The molecule has 102 valence electrons. The summed E-state index contributed by atoms with van der Waals surface area (Å²) in [5, 5.41) is 4.19. The maximum atomic E-state index is 5.84. The zero-order valence-corrected chi connectivity index (χ0v) is 11.9. The first-order valence-corrected chi connectivity index (χ1v) is 6.77. The van der Waals surface area contributed by atoms with Crippen LogP contribution in [0.15, 0.2) is 34.7 Å². The van der Waals surface area contributed by atoms with Crippen LogP contribution in [0, 0.1) is 6.92 Å². The van der Waals surface area contributed by atoms with Gasteiger partial charge in [0.05, 0.1) is 0 Å². The quantitative estimate of drug-likeness (QED) is 0.784. The smallest absolute Gasteiger partial charge is 0.197 e. The average molecular weight is 267 g/mol. The largest absolute Gasteiger partial charge is 0.453 e. The summed E-state index contributed by atoms with van der Waals surface area (Å²) in [4.78, 5) is 9.17. The third-order valence-electron chi connectivity index (χ3n) is 3.46. The molecule has 3 aromatic rings. The van der Waals surface area contributed by atoms with Crippen LogP contribution in [-0.4, -0.2) is 17.0 Å². The molecule has 4 nitrogen and oxygen atoms in total. The fourth-order valence-electron chi connectivity index (χ4n) is 2.35. The van der Waals surface area contributed by atoms with Crippen molar-refractivity contribution >= 4 is 16.8 Å². The van der Waals surface area contributed by atoms with E-state index in [9.17, 15) is 0 Å². The van der Waals surface area contributed by atoms with Crippen molar-refractivity contribution in [1.82, 2.24) is 9.97 Å². The minimum absolute atomic E-state index is 0.632. The standard InChI is InChI=1S/C16H17N3O/c1-4-12-10(2)15(17-3)19-16(18-12)14-9-11-7-5-6-8-13(11)20-14/h5-9H,4H2,1-3H3,(H,17,18,19). The predicted octanol–water partition coefficient (Wildman–Crippen LogP) is 3.80. The average Bonchev–Trinajstić information content (AvgIpc) is 2.91. The zero-order valence-electron chi connectivity index (χ0n) is 11.9. The fourth-order valence-corrected chi connectivity index (χ4v) is 2.35. The number of furan rings is 1. The van der Waals surface area contributed by atoms with E-state index >= 15 is 0 Å². The van der Waals surface area contributed by atoms with Gasteiger partial charge in [0.2, 0.25) is 0 Å². The lowest BCUT2D eigenvalue weighted by molar-refractivity contribution is 0.624. The summed E-state index contributed by atoms with van der Waals surface area (Å²) in [6.07, 6.45) is 0.871. The third-order valence-corrected chi connectivity index (χ3v) is 3.46. The van der Waals surface area contributed by atoms with E-state index in [4.69, 9.17) is 4.42 Å². The van der Waals surface area contributed by atoms with Crippen LogP contribution in [0.5, 0.6) is 0 Å². The van der Waals surface area contributed by atoms with Gasteiger partial charge in [0.15, 0.2) is 11.6 Å². The summed E-state index contributed by atoms with van der Waals surface area (Å²) in [5.74, 6) is 2.19. The summed E-state index contributed by atoms with van der Waals surface area (Å²) in [5.41, 5.74) is 2.99. The fraction of sp³-hybridized carbons (Fsp3) is 0.250. The molecule has 1 aromatic carbocycles. The summed E-state index contributed by atoms with van der Waals surface area (Å²) in [6, 6.07) is 9.91. The van der Waals surface area contributed by atoms with E-state index in [1.807, 2.05) is 44.3 Å². The van der Waals surface area contributed by atoms with Gasteiger partial charge in [-0.1, -0.05) is 25.1 Å². The second-order valence-electron chi connectivity index (χ2n) is 4.72. The highest BCUT2D eigenvalue weighted by atomic mass is 16.3. The van der Waals surface area contributed by atoms with Crippen LogP contribution in [0.4, 0.5) is 5.82 Å². The Morgan fingerprint density at radius 3 is 2.70 bits per heavy atom. The SMILES string of the molecule is CCc1nc(-c2cc3ccccc3o2)nc(NC)c1C. The topological polar surface area (TPSA) is 51.0 Å². The minimum atomic E-state index is 0.632. The van der Waals surface area contributed by atoms with E-state index in [-0.39, 0.29) is 0 Å². The van der Waals surface area contributed by atoms with Gasteiger partial charge < -0.3 is 9.73 Å². The Bertz CT molecular complexity index is 703. The van der Waals surface area contributed by atoms with Crippen molar-refractivity contribution in [3.63, 3.8) is 0 Å². The zero-order chi connectivity index (χ0) is 14.1. The number of hydrogen-bond donors (Lipinski definition) is 1. The molecule has 1 N–H and O–H groups in total. The number of fused-ring (bicyclic) bond motifs is 1. The van der Waals surface area contributed by atoms with Gasteiger partial charge in [-0.05, 0) is 25.5 Å². The lowest BCUT2D eigenvalue weighted by Gasteiger charge is -2.09. The molecule has 0 atom stereocenters. The van der Waals surface area contributed by atoms with E-state index in [1.165, 1.54) is 0 Å². The van der Waals surface area contributed by atoms with Crippen molar-refractivity contribution in [3.05, 3.63) is 41.6 Å². The Balaban J connectivity index is 2.18. The van der Waals surface area contributed by atoms with Crippen LogP contribution in [0.3, 0.4) is 0 Å². The predicted molar refractivity (Wildman–Crippen MR) is 80.9 cm³/mol. The van der Waals surface area contributed by atoms with Crippen molar-refractivity contribution in [1.29, 1.82) is 0 Å². The number of hydrogen-bond acceptors (Lipinski definition) is 4. The second-order valence-corrected chi connectivity index (χ2v) is 4.72. The van der Waals surface area contributed by atoms with Gasteiger partial charge in [0.1, 0.15) is 11.4 Å². The molecule has 0 fully saturated rings. The maximum absolute atomic E-state index is 5.84. The van der Waals surface area contributed by atoms with Crippen molar-refractivity contribution in [2.45, 2.75) is 20.3 Å². The molecule has 0 saturated carbocycles. The molecule has 20 heavy (non-hydrogen) atoms. The summed E-state index contributed by atoms with van der Waals surface area (Å²) >= 11 is 0. The molecule has 0 amide bonds. The normalized spacial score (nSPS) is 10.9. The van der Waals surface area contributed by atoms with E-state index in [2.05, 4.69) is 22.2 Å². The number of benzene rings is 1. The molecule has 0 unspecified atom stereocenters.